The maximum Gasteiger partial charge on any atom is 0.387 e. The quantitative estimate of drug-likeness (QED) is 0.787. The Morgan fingerprint density at radius 2 is 1.92 bits per heavy atom. The van der Waals surface area contributed by atoms with Crippen molar-refractivity contribution in [2.24, 2.45) is 0 Å². The molecule has 3 rings (SSSR count). The highest BCUT2D eigenvalue weighted by Gasteiger charge is 2.19. The number of halogens is 2. The standard InChI is InChI=1S/C18H18F2N2O3/c19-17(20)25-14-8-5-12(6-9-14)21-18(24)22-16-3-1-2-11-4-7-13(23)10-15(11)16/h1-3,5-6,8-9,13,17,23H,4,7,10H2,(H2,21,22,24). The number of fused-ring (bicyclic) bond motifs is 1. The predicted molar refractivity (Wildman–Crippen MR) is 90.2 cm³/mol. The van der Waals surface area contributed by atoms with Crippen LogP contribution in [0.25, 0.3) is 0 Å². The van der Waals surface area contributed by atoms with Crippen LogP contribution in [-0.2, 0) is 12.8 Å². The number of carbonyl (C=O) groups is 1. The number of nitrogens with one attached hydrogen (secondary N) is 2. The van der Waals surface area contributed by atoms with Gasteiger partial charge in [0, 0.05) is 17.8 Å². The first kappa shape index (κ1) is 17.2. The lowest BCUT2D eigenvalue weighted by Crippen LogP contribution is -2.24. The fourth-order valence-corrected chi connectivity index (χ4v) is 2.89. The number of alkyl halides is 2. The van der Waals surface area contributed by atoms with Gasteiger partial charge in [-0.05, 0) is 54.3 Å². The van der Waals surface area contributed by atoms with Crippen LogP contribution in [0.3, 0.4) is 0 Å². The molecule has 2 aromatic rings. The Bertz CT molecular complexity index is 750. The van der Waals surface area contributed by atoms with E-state index in [1.807, 2.05) is 12.1 Å². The second kappa shape index (κ2) is 7.48. The number of hydrogen-bond acceptors (Lipinski definition) is 3. The zero-order valence-electron chi connectivity index (χ0n) is 13.3. The van der Waals surface area contributed by atoms with Gasteiger partial charge in [-0.15, -0.1) is 0 Å². The Morgan fingerprint density at radius 1 is 1.16 bits per heavy atom. The minimum absolute atomic E-state index is 0.0204. The molecule has 1 atom stereocenters. The zero-order valence-corrected chi connectivity index (χ0v) is 13.3. The second-order valence-electron chi connectivity index (χ2n) is 5.82. The molecule has 1 unspecified atom stereocenters. The molecule has 0 saturated heterocycles. The highest BCUT2D eigenvalue weighted by Crippen LogP contribution is 2.28. The summed E-state index contributed by atoms with van der Waals surface area (Å²) >= 11 is 0. The van der Waals surface area contributed by atoms with E-state index in [0.717, 1.165) is 24.0 Å². The van der Waals surface area contributed by atoms with Crippen molar-refractivity contribution in [3.05, 3.63) is 53.6 Å². The fraction of sp³-hybridized carbons (Fsp3) is 0.278. The molecule has 0 spiro atoms. The monoisotopic (exact) mass is 348 g/mol. The van der Waals surface area contributed by atoms with Crippen molar-refractivity contribution >= 4 is 17.4 Å². The predicted octanol–water partition coefficient (Wildman–Crippen LogP) is 3.78. The van der Waals surface area contributed by atoms with E-state index in [1.165, 1.54) is 24.3 Å². The maximum atomic E-state index is 12.2. The van der Waals surface area contributed by atoms with Gasteiger partial charge in [0.15, 0.2) is 0 Å². The summed E-state index contributed by atoms with van der Waals surface area (Å²) in [6.45, 7) is -2.89. The van der Waals surface area contributed by atoms with Crippen LogP contribution < -0.4 is 15.4 Å². The first-order valence-corrected chi connectivity index (χ1v) is 7.93. The van der Waals surface area contributed by atoms with Crippen molar-refractivity contribution in [2.75, 3.05) is 10.6 Å². The van der Waals surface area contributed by atoms with E-state index in [0.29, 0.717) is 17.8 Å². The van der Waals surface area contributed by atoms with Crippen molar-refractivity contribution in [1.82, 2.24) is 0 Å². The molecule has 2 aromatic carbocycles. The Hall–Kier alpha value is -2.67. The smallest absolute Gasteiger partial charge is 0.387 e. The fourth-order valence-electron chi connectivity index (χ4n) is 2.89. The van der Waals surface area contributed by atoms with Gasteiger partial charge < -0.3 is 20.5 Å². The average molecular weight is 348 g/mol. The van der Waals surface area contributed by atoms with Gasteiger partial charge >= 0.3 is 12.6 Å². The molecule has 5 nitrogen and oxygen atoms in total. The van der Waals surface area contributed by atoms with Crippen LogP contribution in [0.1, 0.15) is 17.5 Å². The van der Waals surface area contributed by atoms with Crippen LogP contribution in [-0.4, -0.2) is 23.9 Å². The average Bonchev–Trinajstić information content (AvgIpc) is 2.57. The Labute approximate surface area is 143 Å². The summed E-state index contributed by atoms with van der Waals surface area (Å²) in [5.74, 6) is 0.0204. The molecule has 0 heterocycles. The van der Waals surface area contributed by atoms with Crippen molar-refractivity contribution in [2.45, 2.75) is 32.0 Å². The summed E-state index contributed by atoms with van der Waals surface area (Å²) in [6, 6.07) is 10.8. The highest BCUT2D eigenvalue weighted by molar-refractivity contribution is 6.00. The topological polar surface area (TPSA) is 70.6 Å². The summed E-state index contributed by atoms with van der Waals surface area (Å²) in [7, 11) is 0. The number of aliphatic hydroxyl groups excluding tert-OH is 1. The molecule has 0 aromatic heterocycles. The lowest BCUT2D eigenvalue weighted by Gasteiger charge is -2.23. The molecular formula is C18H18F2N2O3. The second-order valence-corrected chi connectivity index (χ2v) is 5.82. The molecule has 7 heteroatoms. The molecule has 1 aliphatic rings. The van der Waals surface area contributed by atoms with Crippen molar-refractivity contribution in [3.8, 4) is 5.75 Å². The van der Waals surface area contributed by atoms with Gasteiger partial charge in [-0.1, -0.05) is 12.1 Å². The van der Waals surface area contributed by atoms with Gasteiger partial charge in [-0.25, -0.2) is 4.79 Å². The van der Waals surface area contributed by atoms with Crippen LogP contribution in [0.4, 0.5) is 25.0 Å². The van der Waals surface area contributed by atoms with Crippen molar-refractivity contribution < 1.29 is 23.4 Å². The molecule has 25 heavy (non-hydrogen) atoms. The third kappa shape index (κ3) is 4.45. The minimum atomic E-state index is -2.89. The molecule has 3 N–H and O–H groups in total. The van der Waals surface area contributed by atoms with Gasteiger partial charge in [0.05, 0.1) is 6.10 Å². The molecule has 0 fully saturated rings. The molecular weight excluding hydrogens is 330 g/mol. The first-order chi connectivity index (χ1) is 12.0. The zero-order chi connectivity index (χ0) is 17.8. The van der Waals surface area contributed by atoms with Gasteiger partial charge in [-0.3, -0.25) is 0 Å². The van der Waals surface area contributed by atoms with E-state index < -0.39 is 18.7 Å². The molecule has 2 amide bonds. The van der Waals surface area contributed by atoms with E-state index in [4.69, 9.17) is 0 Å². The van der Waals surface area contributed by atoms with E-state index in [1.54, 1.807) is 6.07 Å². The molecule has 0 aliphatic heterocycles. The van der Waals surface area contributed by atoms with E-state index in [2.05, 4.69) is 15.4 Å². The lowest BCUT2D eigenvalue weighted by molar-refractivity contribution is -0.0498. The number of urea groups is 1. The van der Waals surface area contributed by atoms with Crippen molar-refractivity contribution in [3.63, 3.8) is 0 Å². The molecule has 1 aliphatic carbocycles. The first-order valence-electron chi connectivity index (χ1n) is 7.93. The summed E-state index contributed by atoms with van der Waals surface area (Å²) in [5.41, 5.74) is 3.17. The summed E-state index contributed by atoms with van der Waals surface area (Å²) in [6.07, 6.45) is 1.60. The van der Waals surface area contributed by atoms with Crippen LogP contribution in [0, 0.1) is 0 Å². The summed E-state index contributed by atoms with van der Waals surface area (Å²) < 4.78 is 28.5. The normalized spacial score (nSPS) is 16.2. The highest BCUT2D eigenvalue weighted by atomic mass is 19.3. The number of anilines is 2. The number of aryl methyl sites for hydroxylation is 1. The van der Waals surface area contributed by atoms with Gasteiger partial charge in [0.1, 0.15) is 5.75 Å². The number of aliphatic hydroxyl groups is 1. The van der Waals surface area contributed by atoms with Gasteiger partial charge in [0.25, 0.3) is 0 Å². The molecule has 0 radical (unpaired) electrons. The van der Waals surface area contributed by atoms with Crippen LogP contribution >= 0.6 is 0 Å². The third-order valence-electron chi connectivity index (χ3n) is 4.05. The lowest BCUT2D eigenvalue weighted by atomic mass is 9.88. The van der Waals surface area contributed by atoms with Gasteiger partial charge in [0.2, 0.25) is 0 Å². The summed E-state index contributed by atoms with van der Waals surface area (Å²) in [5, 5.41) is 15.3. The van der Waals surface area contributed by atoms with Crippen LogP contribution in [0.15, 0.2) is 42.5 Å². The largest absolute Gasteiger partial charge is 0.435 e. The Balaban J connectivity index is 1.65. The van der Waals surface area contributed by atoms with E-state index >= 15 is 0 Å². The molecule has 0 bridgehead atoms. The SMILES string of the molecule is O=C(Nc1ccc(OC(F)F)cc1)Nc1cccc2c1CC(O)CC2. The minimum Gasteiger partial charge on any atom is -0.435 e. The molecule has 0 saturated carbocycles. The number of amides is 2. The number of carbonyl (C=O) groups excluding carboxylic acids is 1. The van der Waals surface area contributed by atoms with Crippen LogP contribution in [0.2, 0.25) is 0 Å². The van der Waals surface area contributed by atoms with E-state index in [9.17, 15) is 18.7 Å². The third-order valence-corrected chi connectivity index (χ3v) is 4.05. The number of hydrogen-bond donors (Lipinski definition) is 3. The summed E-state index contributed by atoms with van der Waals surface area (Å²) in [4.78, 5) is 12.2. The number of ether oxygens (including phenoxy) is 1. The van der Waals surface area contributed by atoms with Crippen LogP contribution in [0.5, 0.6) is 5.75 Å². The van der Waals surface area contributed by atoms with Crippen molar-refractivity contribution in [1.29, 1.82) is 0 Å². The number of benzene rings is 2. The van der Waals surface area contributed by atoms with E-state index in [-0.39, 0.29) is 5.75 Å². The number of rotatable bonds is 4. The molecule has 132 valence electrons. The van der Waals surface area contributed by atoms with Gasteiger partial charge in [-0.2, -0.15) is 8.78 Å². The maximum absolute atomic E-state index is 12.2. The Morgan fingerprint density at radius 3 is 2.64 bits per heavy atom. The Kier molecular flexibility index (Phi) is 5.14.